The van der Waals surface area contributed by atoms with Gasteiger partial charge in [0, 0.05) is 19.0 Å². The Bertz CT molecular complexity index is 330. The van der Waals surface area contributed by atoms with E-state index in [1.807, 2.05) is 0 Å². The average Bonchev–Trinajstić information content (AvgIpc) is 3.07. The first-order valence-corrected chi connectivity index (χ1v) is 6.93. The Morgan fingerprint density at radius 2 is 2.29 bits per heavy atom. The number of nitrogens with one attached hydrogen (secondary N) is 1. The van der Waals surface area contributed by atoms with Crippen LogP contribution in [0.4, 0.5) is 0 Å². The van der Waals surface area contributed by atoms with Crippen molar-refractivity contribution in [2.45, 2.75) is 58.5 Å². The van der Waals surface area contributed by atoms with Gasteiger partial charge in [0.25, 0.3) is 0 Å². The molecule has 0 amide bonds. The van der Waals surface area contributed by atoms with Crippen LogP contribution in [0.2, 0.25) is 0 Å². The third-order valence-corrected chi connectivity index (χ3v) is 3.45. The summed E-state index contributed by atoms with van der Waals surface area (Å²) < 4.78 is 2.06. The van der Waals surface area contributed by atoms with Crippen molar-refractivity contribution in [2.24, 2.45) is 5.92 Å². The van der Waals surface area contributed by atoms with Crippen LogP contribution in [0, 0.1) is 5.92 Å². The average molecular weight is 236 g/mol. The summed E-state index contributed by atoms with van der Waals surface area (Å²) in [6.07, 6.45) is 7.79. The Morgan fingerprint density at radius 1 is 1.47 bits per heavy atom. The molecule has 2 rings (SSSR count). The van der Waals surface area contributed by atoms with Gasteiger partial charge in [0.15, 0.2) is 0 Å². The van der Waals surface area contributed by atoms with Gasteiger partial charge in [0.2, 0.25) is 0 Å². The minimum atomic E-state index is 0.690. The van der Waals surface area contributed by atoms with Crippen molar-refractivity contribution in [3.8, 4) is 0 Å². The van der Waals surface area contributed by atoms with Crippen molar-refractivity contribution in [1.29, 1.82) is 0 Å². The van der Waals surface area contributed by atoms with E-state index in [0.29, 0.717) is 5.92 Å². The lowest BCUT2D eigenvalue weighted by Gasteiger charge is -2.15. The minimum absolute atomic E-state index is 0.690. The van der Waals surface area contributed by atoms with E-state index in [4.69, 9.17) is 0 Å². The maximum Gasteiger partial charge on any atom is 0.138 e. The Labute approximate surface area is 104 Å². The molecule has 1 heterocycles. The van der Waals surface area contributed by atoms with Crippen LogP contribution in [0.25, 0.3) is 0 Å². The third kappa shape index (κ3) is 3.80. The van der Waals surface area contributed by atoms with E-state index in [1.54, 1.807) is 6.33 Å². The summed E-state index contributed by atoms with van der Waals surface area (Å²) in [5, 5.41) is 7.90. The highest BCUT2D eigenvalue weighted by molar-refractivity contribution is 4.89. The molecule has 1 aliphatic rings. The van der Waals surface area contributed by atoms with E-state index < -0.39 is 0 Å². The molecule has 1 aromatic rings. The minimum Gasteiger partial charge on any atom is -0.314 e. The number of hydrogen-bond donors (Lipinski definition) is 1. The molecule has 0 radical (unpaired) electrons. The van der Waals surface area contributed by atoms with Gasteiger partial charge < -0.3 is 5.32 Å². The molecule has 4 nitrogen and oxygen atoms in total. The Hall–Kier alpha value is -0.900. The summed E-state index contributed by atoms with van der Waals surface area (Å²) in [6.45, 7) is 6.55. The van der Waals surface area contributed by atoms with Gasteiger partial charge in [-0.15, -0.1) is 0 Å². The van der Waals surface area contributed by atoms with E-state index >= 15 is 0 Å². The van der Waals surface area contributed by atoms with Gasteiger partial charge in [0.05, 0.1) is 0 Å². The van der Waals surface area contributed by atoms with Gasteiger partial charge in [-0.25, -0.2) is 4.98 Å². The molecule has 4 heteroatoms. The lowest BCUT2D eigenvalue weighted by Crippen LogP contribution is -2.26. The fraction of sp³-hybridized carbons (Fsp3) is 0.846. The molecule has 1 atom stereocenters. The zero-order valence-electron chi connectivity index (χ0n) is 11.0. The fourth-order valence-electron chi connectivity index (χ4n) is 2.08. The normalized spacial score (nSPS) is 17.3. The fourth-order valence-corrected chi connectivity index (χ4v) is 2.08. The molecule has 0 aliphatic heterocycles. The monoisotopic (exact) mass is 236 g/mol. The van der Waals surface area contributed by atoms with Crippen LogP contribution in [0.1, 0.15) is 45.4 Å². The van der Waals surface area contributed by atoms with Gasteiger partial charge >= 0.3 is 0 Å². The van der Waals surface area contributed by atoms with Crippen molar-refractivity contribution in [3.63, 3.8) is 0 Å². The molecule has 1 aromatic heterocycles. The number of aromatic nitrogens is 3. The first-order chi connectivity index (χ1) is 8.33. The van der Waals surface area contributed by atoms with E-state index in [-0.39, 0.29) is 0 Å². The second-order valence-electron chi connectivity index (χ2n) is 5.06. The lowest BCUT2D eigenvalue weighted by atomic mass is 10.0. The molecule has 1 aliphatic carbocycles. The largest absolute Gasteiger partial charge is 0.314 e. The molecule has 0 aromatic carbocycles. The van der Waals surface area contributed by atoms with E-state index in [1.165, 1.54) is 19.3 Å². The van der Waals surface area contributed by atoms with Gasteiger partial charge in [-0.05, 0) is 31.7 Å². The van der Waals surface area contributed by atoms with Crippen LogP contribution in [-0.4, -0.2) is 27.4 Å². The summed E-state index contributed by atoms with van der Waals surface area (Å²) in [5.41, 5.74) is 0. The molecular formula is C13H24N4. The second-order valence-corrected chi connectivity index (χ2v) is 5.06. The zero-order valence-corrected chi connectivity index (χ0v) is 11.0. The topological polar surface area (TPSA) is 42.7 Å². The maximum absolute atomic E-state index is 4.39. The van der Waals surface area contributed by atoms with Crippen molar-refractivity contribution >= 4 is 0 Å². The van der Waals surface area contributed by atoms with Crippen molar-refractivity contribution in [1.82, 2.24) is 20.1 Å². The van der Waals surface area contributed by atoms with Crippen molar-refractivity contribution in [3.05, 3.63) is 12.2 Å². The molecule has 0 bridgehead atoms. The first kappa shape index (κ1) is 12.6. The number of rotatable bonds is 8. The molecule has 1 unspecified atom stereocenters. The van der Waals surface area contributed by atoms with Crippen LogP contribution in [0.15, 0.2) is 6.33 Å². The summed E-state index contributed by atoms with van der Waals surface area (Å²) in [6, 6.07) is 0.803. The van der Waals surface area contributed by atoms with Gasteiger partial charge in [-0.2, -0.15) is 5.10 Å². The highest BCUT2D eigenvalue weighted by atomic mass is 15.3. The Balaban J connectivity index is 1.84. The number of hydrogen-bond acceptors (Lipinski definition) is 3. The SMILES string of the molecule is CCCn1ncnc1CC(CC)CNC1CC1. The van der Waals surface area contributed by atoms with Crippen LogP contribution < -0.4 is 5.32 Å². The molecule has 96 valence electrons. The van der Waals surface area contributed by atoms with Gasteiger partial charge in [-0.1, -0.05) is 20.3 Å². The first-order valence-electron chi connectivity index (χ1n) is 6.93. The highest BCUT2D eigenvalue weighted by Crippen LogP contribution is 2.20. The van der Waals surface area contributed by atoms with Crippen LogP contribution in [0.3, 0.4) is 0 Å². The van der Waals surface area contributed by atoms with Crippen molar-refractivity contribution < 1.29 is 0 Å². The van der Waals surface area contributed by atoms with Crippen LogP contribution in [-0.2, 0) is 13.0 Å². The highest BCUT2D eigenvalue weighted by Gasteiger charge is 2.22. The molecule has 0 saturated heterocycles. The van der Waals surface area contributed by atoms with E-state index in [9.17, 15) is 0 Å². The predicted molar refractivity (Wildman–Crippen MR) is 68.8 cm³/mol. The number of aryl methyl sites for hydroxylation is 1. The van der Waals surface area contributed by atoms with Crippen LogP contribution in [0.5, 0.6) is 0 Å². The Morgan fingerprint density at radius 3 is 2.94 bits per heavy atom. The van der Waals surface area contributed by atoms with Crippen molar-refractivity contribution in [2.75, 3.05) is 6.54 Å². The van der Waals surface area contributed by atoms with E-state index in [2.05, 4.69) is 33.9 Å². The third-order valence-electron chi connectivity index (χ3n) is 3.45. The number of nitrogens with zero attached hydrogens (tertiary/aromatic N) is 3. The van der Waals surface area contributed by atoms with E-state index in [0.717, 1.165) is 37.8 Å². The summed E-state index contributed by atoms with van der Waals surface area (Å²) in [5.74, 6) is 1.84. The molecule has 1 saturated carbocycles. The zero-order chi connectivity index (χ0) is 12.1. The Kier molecular flexibility index (Phi) is 4.54. The molecule has 17 heavy (non-hydrogen) atoms. The lowest BCUT2D eigenvalue weighted by molar-refractivity contribution is 0.433. The summed E-state index contributed by atoms with van der Waals surface area (Å²) in [4.78, 5) is 4.39. The molecular weight excluding hydrogens is 212 g/mol. The quantitative estimate of drug-likeness (QED) is 0.751. The maximum atomic E-state index is 4.39. The molecule has 1 N–H and O–H groups in total. The molecule has 1 fully saturated rings. The standard InChI is InChI=1S/C13H24N4/c1-3-7-17-13(15-10-16-17)8-11(4-2)9-14-12-5-6-12/h10-12,14H,3-9H2,1-2H3. The van der Waals surface area contributed by atoms with Crippen LogP contribution >= 0.6 is 0 Å². The summed E-state index contributed by atoms with van der Waals surface area (Å²) >= 11 is 0. The van der Waals surface area contributed by atoms with Gasteiger partial charge in [0.1, 0.15) is 12.2 Å². The van der Waals surface area contributed by atoms with Gasteiger partial charge in [-0.3, -0.25) is 4.68 Å². The smallest absolute Gasteiger partial charge is 0.138 e. The predicted octanol–water partition coefficient (Wildman–Crippen LogP) is 2.01. The molecule has 0 spiro atoms. The second kappa shape index (κ2) is 6.15. The summed E-state index contributed by atoms with van der Waals surface area (Å²) in [7, 11) is 0.